The van der Waals surface area contributed by atoms with Crippen molar-refractivity contribution >= 4 is 5.78 Å². The second-order valence-electron chi connectivity index (χ2n) is 5.36. The number of hydrogen-bond donors (Lipinski definition) is 0. The molecule has 1 aliphatic carbocycles. The molecule has 0 amide bonds. The maximum atomic E-state index is 12.5. The number of methoxy groups -OCH3 is 1. The average molecular weight is 282 g/mol. The third-order valence-electron chi connectivity index (χ3n) is 3.60. The van der Waals surface area contributed by atoms with Crippen LogP contribution in [0.15, 0.2) is 42.5 Å². The lowest BCUT2D eigenvalue weighted by molar-refractivity contribution is 0.103. The molecule has 1 aliphatic rings. The van der Waals surface area contributed by atoms with Gasteiger partial charge >= 0.3 is 0 Å². The molecule has 0 aromatic heterocycles. The van der Waals surface area contributed by atoms with Crippen LogP contribution in [0.1, 0.15) is 34.3 Å². The van der Waals surface area contributed by atoms with Gasteiger partial charge in [-0.25, -0.2) is 0 Å². The number of benzene rings is 2. The van der Waals surface area contributed by atoms with Crippen molar-refractivity contribution in [2.75, 3.05) is 7.11 Å². The predicted molar refractivity (Wildman–Crippen MR) is 81.3 cm³/mol. The van der Waals surface area contributed by atoms with Gasteiger partial charge in [0.05, 0.1) is 13.2 Å². The zero-order valence-electron chi connectivity index (χ0n) is 12.3. The highest BCUT2D eigenvalue weighted by Gasteiger charge is 2.23. The summed E-state index contributed by atoms with van der Waals surface area (Å²) in [6.07, 6.45) is 2.63. The summed E-state index contributed by atoms with van der Waals surface area (Å²) in [4.78, 5) is 12.5. The fourth-order valence-corrected chi connectivity index (χ4v) is 2.25. The van der Waals surface area contributed by atoms with E-state index in [4.69, 9.17) is 9.47 Å². The maximum absolute atomic E-state index is 12.5. The molecule has 0 aliphatic heterocycles. The topological polar surface area (TPSA) is 35.5 Å². The lowest BCUT2D eigenvalue weighted by Gasteiger charge is -2.08. The first-order valence-corrected chi connectivity index (χ1v) is 7.13. The van der Waals surface area contributed by atoms with Crippen LogP contribution in [-0.2, 0) is 0 Å². The quantitative estimate of drug-likeness (QED) is 0.783. The highest BCUT2D eigenvalue weighted by atomic mass is 16.5. The van der Waals surface area contributed by atoms with Crippen molar-refractivity contribution in [3.63, 3.8) is 0 Å². The molecule has 2 aromatic carbocycles. The minimum absolute atomic E-state index is 0.0127. The van der Waals surface area contributed by atoms with E-state index in [1.165, 1.54) is 0 Å². The molecule has 0 bridgehead atoms. The molecule has 2 aromatic rings. The highest BCUT2D eigenvalue weighted by molar-refractivity contribution is 6.09. The van der Waals surface area contributed by atoms with Crippen LogP contribution in [0.4, 0.5) is 0 Å². The summed E-state index contributed by atoms with van der Waals surface area (Å²) in [5.41, 5.74) is 2.30. The smallest absolute Gasteiger partial charge is 0.193 e. The Bertz CT molecular complexity index is 655. The Kier molecular flexibility index (Phi) is 3.65. The van der Waals surface area contributed by atoms with Crippen LogP contribution < -0.4 is 9.47 Å². The zero-order valence-corrected chi connectivity index (χ0v) is 12.3. The van der Waals surface area contributed by atoms with Gasteiger partial charge in [-0.1, -0.05) is 0 Å². The number of ether oxygens (including phenoxy) is 2. The highest BCUT2D eigenvalue weighted by Crippen LogP contribution is 2.27. The fourth-order valence-electron chi connectivity index (χ4n) is 2.25. The van der Waals surface area contributed by atoms with Crippen LogP contribution in [0, 0.1) is 6.92 Å². The van der Waals surface area contributed by atoms with Crippen LogP contribution >= 0.6 is 0 Å². The fraction of sp³-hybridized carbons (Fsp3) is 0.278. The van der Waals surface area contributed by atoms with E-state index in [0.717, 1.165) is 29.9 Å². The molecule has 0 spiro atoms. The van der Waals surface area contributed by atoms with Gasteiger partial charge in [-0.15, -0.1) is 0 Å². The molecule has 0 N–H and O–H groups in total. The van der Waals surface area contributed by atoms with Gasteiger partial charge in [0.1, 0.15) is 11.5 Å². The van der Waals surface area contributed by atoms with Crippen molar-refractivity contribution < 1.29 is 14.3 Å². The van der Waals surface area contributed by atoms with E-state index in [2.05, 4.69) is 0 Å². The molecule has 108 valence electrons. The minimum Gasteiger partial charge on any atom is -0.496 e. The van der Waals surface area contributed by atoms with E-state index in [-0.39, 0.29) is 5.78 Å². The number of carbonyl (C=O) groups is 1. The van der Waals surface area contributed by atoms with Gasteiger partial charge in [-0.2, -0.15) is 0 Å². The average Bonchev–Trinajstić information content (AvgIpc) is 3.31. The van der Waals surface area contributed by atoms with Crippen LogP contribution in [0.25, 0.3) is 0 Å². The molecular weight excluding hydrogens is 264 g/mol. The standard InChI is InChI=1S/C18H18O3/c1-12-11-14(5-10-17(12)20-2)18(19)13-3-6-15(7-4-13)21-16-8-9-16/h3-7,10-11,16H,8-9H2,1-2H3. The second kappa shape index (κ2) is 5.60. The first-order chi connectivity index (χ1) is 10.2. The van der Waals surface area contributed by atoms with E-state index in [1.54, 1.807) is 13.2 Å². The number of carbonyl (C=O) groups excluding carboxylic acids is 1. The SMILES string of the molecule is COc1ccc(C(=O)c2ccc(OC3CC3)cc2)cc1C. The summed E-state index contributed by atoms with van der Waals surface area (Å²) in [5.74, 6) is 1.64. The van der Waals surface area contributed by atoms with Gasteiger partial charge in [0.15, 0.2) is 5.78 Å². The van der Waals surface area contributed by atoms with Gasteiger partial charge in [-0.05, 0) is 67.8 Å². The monoisotopic (exact) mass is 282 g/mol. The molecule has 21 heavy (non-hydrogen) atoms. The third kappa shape index (κ3) is 3.07. The van der Waals surface area contributed by atoms with E-state index in [1.807, 2.05) is 43.3 Å². The second-order valence-corrected chi connectivity index (χ2v) is 5.36. The number of aryl methyl sites for hydroxylation is 1. The summed E-state index contributed by atoms with van der Waals surface area (Å²) >= 11 is 0. The van der Waals surface area contributed by atoms with Crippen LogP contribution in [0.5, 0.6) is 11.5 Å². The maximum Gasteiger partial charge on any atom is 0.193 e. The Morgan fingerprint density at radius 1 is 1.05 bits per heavy atom. The van der Waals surface area contributed by atoms with E-state index in [9.17, 15) is 4.79 Å². The summed E-state index contributed by atoms with van der Waals surface area (Å²) in [5, 5.41) is 0. The van der Waals surface area contributed by atoms with Crippen molar-refractivity contribution in [1.29, 1.82) is 0 Å². The molecule has 0 atom stereocenters. The molecule has 3 nitrogen and oxygen atoms in total. The van der Waals surface area contributed by atoms with Crippen LogP contribution in [0.3, 0.4) is 0 Å². The molecule has 0 unspecified atom stereocenters. The van der Waals surface area contributed by atoms with Crippen molar-refractivity contribution in [1.82, 2.24) is 0 Å². The van der Waals surface area contributed by atoms with Gasteiger partial charge in [0, 0.05) is 11.1 Å². The van der Waals surface area contributed by atoms with E-state index >= 15 is 0 Å². The third-order valence-corrected chi connectivity index (χ3v) is 3.60. The van der Waals surface area contributed by atoms with Gasteiger partial charge in [0.2, 0.25) is 0 Å². The molecule has 0 saturated heterocycles. The number of ketones is 1. The minimum atomic E-state index is 0.0127. The molecule has 3 heteroatoms. The molecular formula is C18H18O3. The zero-order chi connectivity index (χ0) is 14.8. The number of hydrogen-bond acceptors (Lipinski definition) is 3. The molecule has 3 rings (SSSR count). The van der Waals surface area contributed by atoms with Crippen molar-refractivity contribution in [2.45, 2.75) is 25.9 Å². The van der Waals surface area contributed by atoms with E-state index < -0.39 is 0 Å². The predicted octanol–water partition coefficient (Wildman–Crippen LogP) is 3.78. The Morgan fingerprint density at radius 3 is 2.29 bits per heavy atom. The summed E-state index contributed by atoms with van der Waals surface area (Å²) in [6.45, 7) is 1.93. The first kappa shape index (κ1) is 13.7. The Hall–Kier alpha value is -2.29. The summed E-state index contributed by atoms with van der Waals surface area (Å²) < 4.78 is 10.9. The van der Waals surface area contributed by atoms with Crippen molar-refractivity contribution in [3.8, 4) is 11.5 Å². The Balaban J connectivity index is 1.78. The lowest BCUT2D eigenvalue weighted by atomic mass is 10.0. The Morgan fingerprint density at radius 2 is 1.71 bits per heavy atom. The normalized spacial score (nSPS) is 13.8. The van der Waals surface area contributed by atoms with Gasteiger partial charge in [0.25, 0.3) is 0 Å². The molecule has 0 radical (unpaired) electrons. The first-order valence-electron chi connectivity index (χ1n) is 7.13. The molecule has 1 saturated carbocycles. The van der Waals surface area contributed by atoms with Crippen LogP contribution in [0.2, 0.25) is 0 Å². The van der Waals surface area contributed by atoms with Crippen molar-refractivity contribution in [3.05, 3.63) is 59.2 Å². The number of rotatable bonds is 5. The van der Waals surface area contributed by atoms with E-state index in [0.29, 0.717) is 17.2 Å². The van der Waals surface area contributed by atoms with Crippen LogP contribution in [-0.4, -0.2) is 19.0 Å². The van der Waals surface area contributed by atoms with Gasteiger partial charge in [-0.3, -0.25) is 4.79 Å². The summed E-state index contributed by atoms with van der Waals surface area (Å²) in [7, 11) is 1.63. The Labute approximate surface area is 124 Å². The van der Waals surface area contributed by atoms with Gasteiger partial charge < -0.3 is 9.47 Å². The summed E-state index contributed by atoms with van der Waals surface area (Å²) in [6, 6.07) is 12.8. The van der Waals surface area contributed by atoms with Crippen molar-refractivity contribution in [2.24, 2.45) is 0 Å². The lowest BCUT2D eigenvalue weighted by Crippen LogP contribution is -2.03. The molecule has 0 heterocycles. The largest absolute Gasteiger partial charge is 0.496 e. The molecule has 1 fully saturated rings.